The number of amides is 1. The molecule has 1 amide bonds. The van der Waals surface area contributed by atoms with Gasteiger partial charge in [-0.15, -0.1) is 0 Å². The average Bonchev–Trinajstić information content (AvgIpc) is 3.07. The molecule has 27 heavy (non-hydrogen) atoms. The number of aryl methyl sites for hydroxylation is 1. The highest BCUT2D eigenvalue weighted by Gasteiger charge is 2.28. The minimum Gasteiger partial charge on any atom is -0.337 e. The number of aromatic nitrogens is 6. The number of imidazole rings is 1. The molecule has 4 heterocycles. The van der Waals surface area contributed by atoms with Crippen LogP contribution in [0.3, 0.4) is 0 Å². The van der Waals surface area contributed by atoms with Crippen molar-refractivity contribution >= 4 is 5.91 Å². The van der Waals surface area contributed by atoms with Crippen molar-refractivity contribution in [1.29, 1.82) is 0 Å². The number of hydrogen-bond donors (Lipinski definition) is 0. The average molecular weight is 363 g/mol. The molecule has 1 aliphatic rings. The van der Waals surface area contributed by atoms with Crippen LogP contribution in [0.15, 0.2) is 37.2 Å². The fourth-order valence-corrected chi connectivity index (χ4v) is 3.49. The highest BCUT2D eigenvalue weighted by atomic mass is 16.2. The van der Waals surface area contributed by atoms with E-state index in [-0.39, 0.29) is 11.8 Å². The van der Waals surface area contributed by atoms with Crippen molar-refractivity contribution in [3.63, 3.8) is 0 Å². The summed E-state index contributed by atoms with van der Waals surface area (Å²) in [6.45, 7) is 3.30. The summed E-state index contributed by atoms with van der Waals surface area (Å²) in [7, 11) is 1.98. The Labute approximate surface area is 157 Å². The van der Waals surface area contributed by atoms with E-state index >= 15 is 0 Å². The molecule has 0 unspecified atom stereocenters. The van der Waals surface area contributed by atoms with Gasteiger partial charge in [-0.2, -0.15) is 0 Å². The van der Waals surface area contributed by atoms with Gasteiger partial charge in [-0.05, 0) is 19.8 Å². The summed E-state index contributed by atoms with van der Waals surface area (Å²) in [5.41, 5.74) is 3.21. The van der Waals surface area contributed by atoms with Gasteiger partial charge in [0.1, 0.15) is 17.2 Å². The zero-order valence-electron chi connectivity index (χ0n) is 15.4. The van der Waals surface area contributed by atoms with Gasteiger partial charge in [0.25, 0.3) is 5.91 Å². The summed E-state index contributed by atoms with van der Waals surface area (Å²) in [6, 6.07) is 0. The maximum absolute atomic E-state index is 12.6. The smallest absolute Gasteiger partial charge is 0.274 e. The zero-order chi connectivity index (χ0) is 18.8. The molecule has 138 valence electrons. The van der Waals surface area contributed by atoms with Crippen molar-refractivity contribution in [1.82, 2.24) is 34.4 Å². The van der Waals surface area contributed by atoms with Crippen LogP contribution in [0.25, 0.3) is 11.4 Å². The van der Waals surface area contributed by atoms with Crippen molar-refractivity contribution in [2.75, 3.05) is 13.1 Å². The number of carbonyl (C=O) groups excluding carboxylic acids is 1. The van der Waals surface area contributed by atoms with Gasteiger partial charge in [0.05, 0.1) is 23.8 Å². The molecule has 0 aromatic carbocycles. The van der Waals surface area contributed by atoms with E-state index in [1.807, 2.05) is 29.6 Å². The van der Waals surface area contributed by atoms with Gasteiger partial charge in [0, 0.05) is 50.8 Å². The maximum Gasteiger partial charge on any atom is 0.274 e. The highest BCUT2D eigenvalue weighted by Crippen LogP contribution is 2.32. The lowest BCUT2D eigenvalue weighted by Gasteiger charge is -2.32. The van der Waals surface area contributed by atoms with Gasteiger partial charge in [-0.3, -0.25) is 19.7 Å². The van der Waals surface area contributed by atoms with Gasteiger partial charge in [0.15, 0.2) is 0 Å². The van der Waals surface area contributed by atoms with Crippen molar-refractivity contribution in [2.24, 2.45) is 7.05 Å². The van der Waals surface area contributed by atoms with E-state index in [2.05, 4.69) is 24.9 Å². The first kappa shape index (κ1) is 17.3. The molecule has 8 heteroatoms. The minimum absolute atomic E-state index is 0.0665. The Bertz CT molecular complexity index is 946. The lowest BCUT2D eigenvalue weighted by Crippen LogP contribution is -2.38. The third-order valence-corrected chi connectivity index (χ3v) is 5.14. The van der Waals surface area contributed by atoms with Gasteiger partial charge in [-0.1, -0.05) is 0 Å². The molecule has 3 aromatic rings. The molecule has 0 aliphatic carbocycles. The Hall–Kier alpha value is -3.16. The van der Waals surface area contributed by atoms with Crippen molar-refractivity contribution in [3.05, 3.63) is 54.4 Å². The standard InChI is InChI=1S/C19H21N7O/c1-13-24-12-16(25(13)2)18-17(22-7-8-23-18)14-3-9-26(10-4-14)19(27)15-11-20-5-6-21-15/h5-8,11-12,14H,3-4,9-10H2,1-2H3. The highest BCUT2D eigenvalue weighted by molar-refractivity contribution is 5.92. The van der Waals surface area contributed by atoms with Crippen LogP contribution in [-0.4, -0.2) is 53.4 Å². The molecule has 0 saturated carbocycles. The second kappa shape index (κ2) is 7.22. The molecule has 0 radical (unpaired) electrons. The first-order chi connectivity index (χ1) is 13.1. The monoisotopic (exact) mass is 363 g/mol. The van der Waals surface area contributed by atoms with Crippen molar-refractivity contribution in [3.8, 4) is 11.4 Å². The molecule has 0 N–H and O–H groups in total. The van der Waals surface area contributed by atoms with Crippen LogP contribution in [0.1, 0.15) is 40.8 Å². The molecular weight excluding hydrogens is 342 g/mol. The Morgan fingerprint density at radius 3 is 2.41 bits per heavy atom. The number of piperidine rings is 1. The molecule has 4 rings (SSSR count). The largest absolute Gasteiger partial charge is 0.337 e. The number of hydrogen-bond acceptors (Lipinski definition) is 6. The predicted molar refractivity (Wildman–Crippen MR) is 98.9 cm³/mol. The SMILES string of the molecule is Cc1ncc(-c2nccnc2C2CCN(C(=O)c3cnccn3)CC2)n1C. The molecule has 1 saturated heterocycles. The third-order valence-electron chi connectivity index (χ3n) is 5.14. The molecule has 0 bridgehead atoms. The van der Waals surface area contributed by atoms with E-state index in [4.69, 9.17) is 0 Å². The van der Waals surface area contributed by atoms with Gasteiger partial charge >= 0.3 is 0 Å². The van der Waals surface area contributed by atoms with Crippen LogP contribution in [0, 0.1) is 6.92 Å². The molecule has 0 atom stereocenters. The molecule has 1 aliphatic heterocycles. The van der Waals surface area contributed by atoms with Gasteiger partial charge in [-0.25, -0.2) is 9.97 Å². The fraction of sp³-hybridized carbons (Fsp3) is 0.368. The van der Waals surface area contributed by atoms with E-state index in [0.29, 0.717) is 18.8 Å². The van der Waals surface area contributed by atoms with Crippen LogP contribution in [0.2, 0.25) is 0 Å². The Morgan fingerprint density at radius 1 is 1.00 bits per heavy atom. The molecule has 8 nitrogen and oxygen atoms in total. The van der Waals surface area contributed by atoms with Gasteiger partial charge < -0.3 is 9.47 Å². The Morgan fingerprint density at radius 2 is 1.74 bits per heavy atom. The number of carbonyl (C=O) groups is 1. The van der Waals surface area contributed by atoms with Crippen LogP contribution in [-0.2, 0) is 7.05 Å². The van der Waals surface area contributed by atoms with E-state index in [1.165, 1.54) is 6.20 Å². The summed E-state index contributed by atoms with van der Waals surface area (Å²) < 4.78 is 2.03. The van der Waals surface area contributed by atoms with E-state index < -0.39 is 0 Å². The summed E-state index contributed by atoms with van der Waals surface area (Å²) >= 11 is 0. The van der Waals surface area contributed by atoms with Gasteiger partial charge in [0.2, 0.25) is 0 Å². The third kappa shape index (κ3) is 3.30. The topological polar surface area (TPSA) is 89.7 Å². The normalized spacial score (nSPS) is 15.1. The second-order valence-electron chi connectivity index (χ2n) is 6.70. The van der Waals surface area contributed by atoms with Crippen molar-refractivity contribution in [2.45, 2.75) is 25.7 Å². The first-order valence-corrected chi connectivity index (χ1v) is 9.00. The number of likely N-dealkylation sites (tertiary alicyclic amines) is 1. The second-order valence-corrected chi connectivity index (χ2v) is 6.70. The Balaban J connectivity index is 1.52. The summed E-state index contributed by atoms with van der Waals surface area (Å²) in [4.78, 5) is 36.1. The van der Waals surface area contributed by atoms with Crippen molar-refractivity contribution < 1.29 is 4.79 Å². The number of rotatable bonds is 3. The maximum atomic E-state index is 12.6. The molecule has 0 spiro atoms. The zero-order valence-corrected chi connectivity index (χ0v) is 15.4. The van der Waals surface area contributed by atoms with Crippen LogP contribution < -0.4 is 0 Å². The summed E-state index contributed by atoms with van der Waals surface area (Å²) in [6.07, 6.45) is 11.6. The quantitative estimate of drug-likeness (QED) is 0.707. The molecule has 3 aromatic heterocycles. The van der Waals surface area contributed by atoms with E-state index in [9.17, 15) is 4.79 Å². The summed E-state index contributed by atoms with van der Waals surface area (Å²) in [5.74, 6) is 1.13. The Kier molecular flexibility index (Phi) is 4.62. The lowest BCUT2D eigenvalue weighted by molar-refractivity contribution is 0.0705. The first-order valence-electron chi connectivity index (χ1n) is 9.00. The molecule has 1 fully saturated rings. The summed E-state index contributed by atoms with van der Waals surface area (Å²) in [5, 5.41) is 0. The fourth-order valence-electron chi connectivity index (χ4n) is 3.49. The van der Waals surface area contributed by atoms with Crippen LogP contribution in [0.4, 0.5) is 0 Å². The van der Waals surface area contributed by atoms with E-state index in [0.717, 1.165) is 35.7 Å². The lowest BCUT2D eigenvalue weighted by atomic mass is 9.91. The minimum atomic E-state index is -0.0665. The van der Waals surface area contributed by atoms with Crippen LogP contribution in [0.5, 0.6) is 0 Å². The number of nitrogens with zero attached hydrogens (tertiary/aromatic N) is 7. The van der Waals surface area contributed by atoms with Crippen LogP contribution >= 0.6 is 0 Å². The predicted octanol–water partition coefficient (Wildman–Crippen LogP) is 2.00. The molecular formula is C19H21N7O. The van der Waals surface area contributed by atoms with E-state index in [1.54, 1.807) is 24.8 Å².